The number of carbonyl (C=O) groups excluding carboxylic acids is 2. The summed E-state index contributed by atoms with van der Waals surface area (Å²) in [5.74, 6) is 0.647. The van der Waals surface area contributed by atoms with Gasteiger partial charge in [0.15, 0.2) is 0 Å². The summed E-state index contributed by atoms with van der Waals surface area (Å²) in [7, 11) is 0. The lowest BCUT2D eigenvalue weighted by Gasteiger charge is -2.31. The molecular weight excluding hydrogens is 370 g/mol. The van der Waals surface area contributed by atoms with Crippen LogP contribution in [0.2, 0.25) is 0 Å². The molecule has 0 aliphatic carbocycles. The van der Waals surface area contributed by atoms with Crippen LogP contribution < -0.4 is 5.32 Å². The van der Waals surface area contributed by atoms with Gasteiger partial charge in [-0.3, -0.25) is 9.59 Å². The maximum Gasteiger partial charge on any atom is 0.253 e. The van der Waals surface area contributed by atoms with Gasteiger partial charge in [-0.15, -0.1) is 11.3 Å². The minimum atomic E-state index is 0.0127. The Kier molecular flexibility index (Phi) is 6.83. The van der Waals surface area contributed by atoms with E-state index in [2.05, 4.69) is 10.7 Å². The molecule has 1 aromatic carbocycles. The Bertz CT molecular complexity index is 823. The average Bonchev–Trinajstić information content (AvgIpc) is 3.16. The summed E-state index contributed by atoms with van der Waals surface area (Å²) in [4.78, 5) is 31.1. The van der Waals surface area contributed by atoms with E-state index in [-0.39, 0.29) is 17.7 Å². The van der Waals surface area contributed by atoms with Gasteiger partial charge in [0.2, 0.25) is 5.91 Å². The second-order valence-corrected chi connectivity index (χ2v) is 8.70. The van der Waals surface area contributed by atoms with Crippen LogP contribution in [0.4, 0.5) is 0 Å². The highest BCUT2D eigenvalue weighted by Crippen LogP contribution is 2.31. The fraction of sp³-hybridized carbons (Fsp3) is 0.500. The molecule has 0 unspecified atom stereocenters. The van der Waals surface area contributed by atoms with Crippen molar-refractivity contribution in [1.29, 1.82) is 0 Å². The van der Waals surface area contributed by atoms with E-state index in [0.717, 1.165) is 54.2 Å². The van der Waals surface area contributed by atoms with Crippen LogP contribution in [-0.2, 0) is 11.2 Å². The zero-order chi connectivity index (χ0) is 20.1. The van der Waals surface area contributed by atoms with Gasteiger partial charge in [-0.1, -0.05) is 31.5 Å². The third kappa shape index (κ3) is 5.19. The third-order valence-corrected chi connectivity index (χ3v) is 6.23. The third-order valence-electron chi connectivity index (χ3n) is 5.17. The minimum Gasteiger partial charge on any atom is -0.355 e. The SMILES string of the molecule is Cc1cccc(C(=O)N2CCC(c3nc(CCNC(=O)C(C)C)cs3)CC2)c1. The van der Waals surface area contributed by atoms with E-state index in [9.17, 15) is 9.59 Å². The molecule has 1 fully saturated rings. The number of hydrogen-bond acceptors (Lipinski definition) is 4. The number of likely N-dealkylation sites (tertiary alicyclic amines) is 1. The Morgan fingerprint density at radius 2 is 2.04 bits per heavy atom. The van der Waals surface area contributed by atoms with Crippen LogP contribution in [0.3, 0.4) is 0 Å². The summed E-state index contributed by atoms with van der Waals surface area (Å²) in [6, 6.07) is 7.81. The summed E-state index contributed by atoms with van der Waals surface area (Å²) >= 11 is 1.70. The molecule has 6 heteroatoms. The first kappa shape index (κ1) is 20.5. The lowest BCUT2D eigenvalue weighted by molar-refractivity contribution is -0.123. The molecule has 150 valence electrons. The summed E-state index contributed by atoms with van der Waals surface area (Å²) in [6.45, 7) is 7.98. The van der Waals surface area contributed by atoms with E-state index >= 15 is 0 Å². The topological polar surface area (TPSA) is 62.3 Å². The number of aromatic nitrogens is 1. The van der Waals surface area contributed by atoms with Crippen LogP contribution in [0.15, 0.2) is 29.6 Å². The quantitative estimate of drug-likeness (QED) is 0.804. The van der Waals surface area contributed by atoms with Gasteiger partial charge < -0.3 is 10.2 Å². The van der Waals surface area contributed by atoms with E-state index in [1.165, 1.54) is 0 Å². The number of benzene rings is 1. The highest BCUT2D eigenvalue weighted by atomic mass is 32.1. The number of nitrogens with zero attached hydrogens (tertiary/aromatic N) is 2. The van der Waals surface area contributed by atoms with Gasteiger partial charge in [-0.25, -0.2) is 4.98 Å². The molecule has 2 heterocycles. The van der Waals surface area contributed by atoms with E-state index in [4.69, 9.17) is 4.98 Å². The highest BCUT2D eigenvalue weighted by Gasteiger charge is 2.26. The standard InChI is InChI=1S/C22H29N3O2S/c1-15(2)20(26)23-10-7-19-14-28-21(24-19)17-8-11-25(12-9-17)22(27)18-6-4-5-16(3)13-18/h4-6,13-15,17H,7-12H2,1-3H3,(H,23,26). The Balaban J connectivity index is 1.49. The Labute approximate surface area is 171 Å². The zero-order valence-electron chi connectivity index (χ0n) is 16.9. The van der Waals surface area contributed by atoms with Gasteiger partial charge in [0.1, 0.15) is 0 Å². The molecule has 0 bridgehead atoms. The highest BCUT2D eigenvalue weighted by molar-refractivity contribution is 7.09. The van der Waals surface area contributed by atoms with Crippen molar-refractivity contribution in [1.82, 2.24) is 15.2 Å². The maximum atomic E-state index is 12.7. The van der Waals surface area contributed by atoms with Gasteiger partial charge in [-0.05, 0) is 31.9 Å². The molecule has 5 nitrogen and oxygen atoms in total. The molecular formula is C22H29N3O2S. The molecule has 1 N–H and O–H groups in total. The fourth-order valence-electron chi connectivity index (χ4n) is 3.43. The van der Waals surface area contributed by atoms with Gasteiger partial charge >= 0.3 is 0 Å². The molecule has 0 saturated carbocycles. The number of piperidine rings is 1. The largest absolute Gasteiger partial charge is 0.355 e. The number of nitrogens with one attached hydrogen (secondary N) is 1. The van der Waals surface area contributed by atoms with Crippen LogP contribution in [-0.4, -0.2) is 41.3 Å². The van der Waals surface area contributed by atoms with Gasteiger partial charge in [0, 0.05) is 48.8 Å². The summed E-state index contributed by atoms with van der Waals surface area (Å²) in [6.07, 6.45) is 2.67. The molecule has 2 amide bonds. The number of carbonyl (C=O) groups is 2. The first-order valence-electron chi connectivity index (χ1n) is 10.0. The van der Waals surface area contributed by atoms with Crippen molar-refractivity contribution >= 4 is 23.2 Å². The van der Waals surface area contributed by atoms with E-state index < -0.39 is 0 Å². The van der Waals surface area contributed by atoms with Crippen LogP contribution in [0.1, 0.15) is 59.2 Å². The number of rotatable bonds is 6. The first-order chi connectivity index (χ1) is 13.4. The predicted molar refractivity (Wildman–Crippen MR) is 113 cm³/mol. The van der Waals surface area contributed by atoms with Crippen molar-refractivity contribution in [2.45, 2.75) is 46.0 Å². The lowest BCUT2D eigenvalue weighted by Crippen LogP contribution is -2.37. The van der Waals surface area contributed by atoms with E-state index in [1.807, 2.05) is 49.9 Å². The van der Waals surface area contributed by atoms with Crippen molar-refractivity contribution in [3.05, 3.63) is 51.5 Å². The van der Waals surface area contributed by atoms with Gasteiger partial charge in [0.25, 0.3) is 5.91 Å². The molecule has 3 rings (SSSR count). The van der Waals surface area contributed by atoms with Crippen LogP contribution in [0.25, 0.3) is 0 Å². The second-order valence-electron chi connectivity index (χ2n) is 7.81. The van der Waals surface area contributed by atoms with Crippen molar-refractivity contribution in [2.75, 3.05) is 19.6 Å². The smallest absolute Gasteiger partial charge is 0.253 e. The van der Waals surface area contributed by atoms with E-state index in [1.54, 1.807) is 11.3 Å². The van der Waals surface area contributed by atoms with Gasteiger partial charge in [-0.2, -0.15) is 0 Å². The van der Waals surface area contributed by atoms with Crippen molar-refractivity contribution in [3.8, 4) is 0 Å². The summed E-state index contributed by atoms with van der Waals surface area (Å²) in [5, 5.41) is 6.20. The summed E-state index contributed by atoms with van der Waals surface area (Å²) in [5.41, 5.74) is 2.93. The van der Waals surface area contributed by atoms with E-state index in [0.29, 0.717) is 12.5 Å². The molecule has 0 spiro atoms. The number of aryl methyl sites for hydroxylation is 1. The number of thiazole rings is 1. The Morgan fingerprint density at radius 1 is 1.29 bits per heavy atom. The zero-order valence-corrected chi connectivity index (χ0v) is 17.7. The predicted octanol–water partition coefficient (Wildman–Crippen LogP) is 3.79. The number of hydrogen-bond donors (Lipinski definition) is 1. The number of amides is 2. The van der Waals surface area contributed by atoms with Crippen molar-refractivity contribution in [3.63, 3.8) is 0 Å². The minimum absolute atomic E-state index is 0.0127. The van der Waals surface area contributed by atoms with Crippen LogP contribution in [0, 0.1) is 12.8 Å². The Hall–Kier alpha value is -2.21. The summed E-state index contributed by atoms with van der Waals surface area (Å²) < 4.78 is 0. The molecule has 1 aliphatic heterocycles. The normalized spacial score (nSPS) is 15.1. The Morgan fingerprint density at radius 3 is 2.71 bits per heavy atom. The second kappa shape index (κ2) is 9.32. The molecule has 2 aromatic rings. The van der Waals surface area contributed by atoms with Gasteiger partial charge in [0.05, 0.1) is 10.7 Å². The lowest BCUT2D eigenvalue weighted by atomic mass is 9.97. The molecule has 0 atom stereocenters. The molecule has 1 aliphatic rings. The fourth-order valence-corrected chi connectivity index (χ4v) is 4.46. The van der Waals surface area contributed by atoms with Crippen LogP contribution >= 0.6 is 11.3 Å². The van der Waals surface area contributed by atoms with Crippen LogP contribution in [0.5, 0.6) is 0 Å². The monoisotopic (exact) mass is 399 g/mol. The molecule has 0 radical (unpaired) electrons. The maximum absolute atomic E-state index is 12.7. The molecule has 28 heavy (non-hydrogen) atoms. The molecule has 1 aromatic heterocycles. The first-order valence-corrected chi connectivity index (χ1v) is 10.9. The average molecular weight is 400 g/mol. The van der Waals surface area contributed by atoms with Crippen molar-refractivity contribution < 1.29 is 9.59 Å². The van der Waals surface area contributed by atoms with Crippen molar-refractivity contribution in [2.24, 2.45) is 5.92 Å². The molecule has 1 saturated heterocycles.